The molecule has 9 heteroatoms. The molecule has 0 aliphatic heterocycles. The molecule has 0 heterocycles. The van der Waals surface area contributed by atoms with Crippen LogP contribution in [0.4, 0.5) is 9.57 Å². The van der Waals surface area contributed by atoms with Gasteiger partial charge in [0.05, 0.1) is 23.0 Å². The van der Waals surface area contributed by atoms with E-state index in [1.54, 1.807) is 0 Å². The second-order valence-electron chi connectivity index (χ2n) is 4.71. The zero-order valence-corrected chi connectivity index (χ0v) is 13.2. The molecular weight excluding hydrogens is 341 g/mol. The zero-order chi connectivity index (χ0) is 17.6. The summed E-state index contributed by atoms with van der Waals surface area (Å²) in [6.07, 6.45) is 0.542. The summed E-state index contributed by atoms with van der Waals surface area (Å²) in [6.45, 7) is 0.656. The van der Waals surface area contributed by atoms with E-state index in [4.69, 9.17) is 9.47 Å². The maximum absolute atomic E-state index is 12.7. The number of nitrogens with zero attached hydrogens (tertiary/aromatic N) is 1. The Morgan fingerprint density at radius 2 is 1.38 bits per heavy atom. The first-order valence-corrected chi connectivity index (χ1v) is 8.29. The summed E-state index contributed by atoms with van der Waals surface area (Å²) in [5.41, 5.74) is -0.00979. The highest BCUT2D eigenvalue weighted by atomic mass is 32.3. The van der Waals surface area contributed by atoms with Crippen LogP contribution in [0.15, 0.2) is 53.4 Å². The Labute approximate surface area is 138 Å². The Morgan fingerprint density at radius 3 is 1.79 bits per heavy atom. The highest BCUT2D eigenvalue weighted by Crippen LogP contribution is 2.19. The number of rotatable bonds is 8. The predicted octanol–water partition coefficient (Wildman–Crippen LogP) is 3.10. The van der Waals surface area contributed by atoms with Gasteiger partial charge in [-0.05, 0) is 36.4 Å². The lowest BCUT2D eigenvalue weighted by Gasteiger charge is -2.08. The number of ether oxygens (including phenoxy) is 2. The molecule has 0 saturated carbocycles. The van der Waals surface area contributed by atoms with Crippen molar-refractivity contribution in [3.63, 3.8) is 0 Å². The molecular formula is C15H14FNO6S. The SMILES string of the molecule is O=[N+]([O-])c1ccc(OCCCOc2ccc(S(=O)(=O)F)cc2)cc1. The zero-order valence-electron chi connectivity index (χ0n) is 12.4. The summed E-state index contributed by atoms with van der Waals surface area (Å²) in [5.74, 6) is 0.927. The fraction of sp³-hybridized carbons (Fsp3) is 0.200. The van der Waals surface area contributed by atoms with Crippen LogP contribution in [0.25, 0.3) is 0 Å². The van der Waals surface area contributed by atoms with Crippen molar-refractivity contribution in [2.24, 2.45) is 0 Å². The van der Waals surface area contributed by atoms with Crippen LogP contribution in [0, 0.1) is 10.1 Å². The predicted molar refractivity (Wildman–Crippen MR) is 83.4 cm³/mol. The van der Waals surface area contributed by atoms with Crippen molar-refractivity contribution in [3.8, 4) is 11.5 Å². The summed E-state index contributed by atoms with van der Waals surface area (Å²) in [4.78, 5) is 9.61. The van der Waals surface area contributed by atoms with Gasteiger partial charge < -0.3 is 9.47 Å². The third-order valence-electron chi connectivity index (χ3n) is 2.98. The lowest BCUT2D eigenvalue weighted by molar-refractivity contribution is -0.384. The van der Waals surface area contributed by atoms with Gasteiger partial charge in [-0.25, -0.2) is 0 Å². The van der Waals surface area contributed by atoms with Gasteiger partial charge in [0.15, 0.2) is 0 Å². The van der Waals surface area contributed by atoms with Crippen LogP contribution < -0.4 is 9.47 Å². The van der Waals surface area contributed by atoms with Crippen LogP contribution in [0.3, 0.4) is 0 Å². The smallest absolute Gasteiger partial charge is 0.332 e. The van der Waals surface area contributed by atoms with Crippen molar-refractivity contribution in [1.29, 1.82) is 0 Å². The van der Waals surface area contributed by atoms with Gasteiger partial charge in [0.1, 0.15) is 11.5 Å². The maximum atomic E-state index is 12.7. The number of nitro benzene ring substituents is 1. The number of hydrogen-bond donors (Lipinski definition) is 0. The number of nitro groups is 1. The van der Waals surface area contributed by atoms with E-state index in [0.29, 0.717) is 31.1 Å². The first-order valence-electron chi connectivity index (χ1n) is 6.91. The van der Waals surface area contributed by atoms with Crippen molar-refractivity contribution < 1.29 is 26.7 Å². The standard InChI is InChI=1S/C15H14FNO6S/c16-24(20,21)15-8-6-14(7-9-15)23-11-1-10-22-13-4-2-12(3-5-13)17(18)19/h2-9H,1,10-11H2. The minimum Gasteiger partial charge on any atom is -0.493 e. The maximum Gasteiger partial charge on any atom is 0.332 e. The lowest BCUT2D eigenvalue weighted by atomic mass is 10.3. The molecule has 0 saturated heterocycles. The molecule has 0 N–H and O–H groups in total. The third kappa shape index (κ3) is 5.20. The molecule has 0 unspecified atom stereocenters. The van der Waals surface area contributed by atoms with Crippen molar-refractivity contribution in [2.75, 3.05) is 13.2 Å². The quantitative estimate of drug-likeness (QED) is 0.312. The molecule has 128 valence electrons. The fourth-order valence-electron chi connectivity index (χ4n) is 1.80. The van der Waals surface area contributed by atoms with Gasteiger partial charge >= 0.3 is 10.2 Å². The Kier molecular flexibility index (Phi) is 5.69. The van der Waals surface area contributed by atoms with Gasteiger partial charge in [-0.15, -0.1) is 3.89 Å². The Morgan fingerprint density at radius 1 is 0.917 bits per heavy atom. The number of hydrogen-bond acceptors (Lipinski definition) is 6. The van der Waals surface area contributed by atoms with E-state index in [2.05, 4.69) is 0 Å². The van der Waals surface area contributed by atoms with Gasteiger partial charge in [0, 0.05) is 18.6 Å². The molecule has 0 radical (unpaired) electrons. The minimum absolute atomic E-state index is 0.00979. The van der Waals surface area contributed by atoms with Crippen LogP contribution in [0.5, 0.6) is 11.5 Å². The van der Waals surface area contributed by atoms with E-state index < -0.39 is 20.0 Å². The average Bonchev–Trinajstić information content (AvgIpc) is 2.54. The van der Waals surface area contributed by atoms with Gasteiger partial charge in [0.2, 0.25) is 0 Å². The number of benzene rings is 2. The summed E-state index contributed by atoms with van der Waals surface area (Å²) in [6, 6.07) is 10.7. The number of halogens is 1. The monoisotopic (exact) mass is 355 g/mol. The normalized spacial score (nSPS) is 11.0. The highest BCUT2D eigenvalue weighted by Gasteiger charge is 2.11. The van der Waals surface area contributed by atoms with Crippen molar-refractivity contribution in [3.05, 3.63) is 58.6 Å². The fourth-order valence-corrected chi connectivity index (χ4v) is 2.26. The Bertz CT molecular complexity index is 790. The second-order valence-corrected chi connectivity index (χ2v) is 6.06. The average molecular weight is 355 g/mol. The molecule has 0 atom stereocenters. The molecule has 24 heavy (non-hydrogen) atoms. The first kappa shape index (κ1) is 17.7. The summed E-state index contributed by atoms with van der Waals surface area (Å²) < 4.78 is 44.9. The van der Waals surface area contributed by atoms with Gasteiger partial charge in [-0.2, -0.15) is 8.42 Å². The van der Waals surface area contributed by atoms with Crippen LogP contribution in [0.2, 0.25) is 0 Å². The Balaban J connectivity index is 1.72. The second kappa shape index (κ2) is 7.73. The van der Waals surface area contributed by atoms with E-state index in [9.17, 15) is 22.4 Å². The summed E-state index contributed by atoms with van der Waals surface area (Å²) in [7, 11) is -4.71. The van der Waals surface area contributed by atoms with Crippen LogP contribution in [-0.4, -0.2) is 26.6 Å². The molecule has 0 aliphatic carbocycles. The molecule has 7 nitrogen and oxygen atoms in total. The third-order valence-corrected chi connectivity index (χ3v) is 3.81. The molecule has 0 amide bonds. The Hall–Kier alpha value is -2.68. The highest BCUT2D eigenvalue weighted by molar-refractivity contribution is 7.86. The van der Waals surface area contributed by atoms with E-state index in [0.717, 1.165) is 12.1 Å². The topological polar surface area (TPSA) is 95.7 Å². The summed E-state index contributed by atoms with van der Waals surface area (Å²) in [5, 5.41) is 10.5. The van der Waals surface area contributed by atoms with Crippen LogP contribution in [0.1, 0.15) is 6.42 Å². The van der Waals surface area contributed by atoms with Gasteiger partial charge in [-0.1, -0.05) is 0 Å². The van der Waals surface area contributed by atoms with Crippen molar-refractivity contribution in [1.82, 2.24) is 0 Å². The van der Waals surface area contributed by atoms with E-state index in [-0.39, 0.29) is 5.69 Å². The number of non-ortho nitro benzene ring substituents is 1. The summed E-state index contributed by atoms with van der Waals surface area (Å²) >= 11 is 0. The largest absolute Gasteiger partial charge is 0.493 e. The molecule has 2 rings (SSSR count). The van der Waals surface area contributed by atoms with Crippen LogP contribution in [-0.2, 0) is 10.2 Å². The van der Waals surface area contributed by atoms with E-state index in [1.807, 2.05) is 0 Å². The van der Waals surface area contributed by atoms with Crippen molar-refractivity contribution in [2.45, 2.75) is 11.3 Å². The minimum atomic E-state index is -4.71. The molecule has 0 aliphatic rings. The molecule has 2 aromatic carbocycles. The molecule has 0 aromatic heterocycles. The van der Waals surface area contributed by atoms with Gasteiger partial charge in [-0.3, -0.25) is 10.1 Å². The molecule has 2 aromatic rings. The molecule has 0 spiro atoms. The van der Waals surface area contributed by atoms with Gasteiger partial charge in [0.25, 0.3) is 5.69 Å². The molecule has 0 fully saturated rings. The van der Waals surface area contributed by atoms with Crippen molar-refractivity contribution >= 4 is 15.9 Å². The van der Waals surface area contributed by atoms with Crippen LogP contribution >= 0.6 is 0 Å². The first-order chi connectivity index (χ1) is 11.4. The lowest BCUT2D eigenvalue weighted by Crippen LogP contribution is -2.05. The molecule has 0 bridgehead atoms. The van der Waals surface area contributed by atoms with E-state index >= 15 is 0 Å². The van der Waals surface area contributed by atoms with E-state index in [1.165, 1.54) is 36.4 Å².